The van der Waals surface area contributed by atoms with E-state index in [4.69, 9.17) is 5.21 Å². The maximum Gasteiger partial charge on any atom is 0.303 e. The van der Waals surface area contributed by atoms with E-state index in [1.54, 1.807) is 12.1 Å². The first-order valence-corrected chi connectivity index (χ1v) is 9.90. The Bertz CT molecular complexity index is 654. The van der Waals surface area contributed by atoms with E-state index < -0.39 is 11.7 Å². The topological polar surface area (TPSA) is 77.5 Å². The molecule has 1 aliphatic carbocycles. The van der Waals surface area contributed by atoms with Crippen LogP contribution in [0.15, 0.2) is 24.2 Å². The number of rotatable bonds is 6. The third-order valence-corrected chi connectivity index (χ3v) is 5.50. The number of carbonyl (C=O) groups is 1. The van der Waals surface area contributed by atoms with Crippen molar-refractivity contribution in [1.82, 2.24) is 15.4 Å². The summed E-state index contributed by atoms with van der Waals surface area (Å²) in [5, 5.41) is 11.9. The molecule has 2 aliphatic rings. The average Bonchev–Trinajstić information content (AvgIpc) is 2.70. The molecule has 9 heteroatoms. The summed E-state index contributed by atoms with van der Waals surface area (Å²) in [4.78, 5) is 17.9. The minimum absolute atomic E-state index is 0. The average molecular weight is 449 g/mol. The first-order valence-electron chi connectivity index (χ1n) is 9.90. The quantitative estimate of drug-likeness (QED) is 0.345. The predicted octanol–water partition coefficient (Wildman–Crippen LogP) is 4.20. The number of likely N-dealkylation sites (tertiary alicyclic amines) is 1. The van der Waals surface area contributed by atoms with Crippen LogP contribution in [0.5, 0.6) is 0 Å². The Morgan fingerprint density at radius 1 is 1.21 bits per heavy atom. The second kappa shape index (κ2) is 13.0. The van der Waals surface area contributed by atoms with E-state index in [9.17, 15) is 9.18 Å². The highest BCUT2D eigenvalue weighted by Crippen LogP contribution is 2.26. The fourth-order valence-corrected chi connectivity index (χ4v) is 4.12. The maximum absolute atomic E-state index is 13.4. The van der Waals surface area contributed by atoms with Crippen LogP contribution in [0.25, 0.3) is 6.08 Å². The molecule has 0 radical (unpaired) electrons. The van der Waals surface area contributed by atoms with Gasteiger partial charge in [0.15, 0.2) is 5.83 Å². The molecule has 2 heterocycles. The number of halogens is 3. The highest BCUT2D eigenvalue weighted by atomic mass is 35.5. The number of piperidine rings is 1. The molecule has 1 aromatic heterocycles. The maximum atomic E-state index is 13.4. The molecule has 1 aromatic rings. The lowest BCUT2D eigenvalue weighted by atomic mass is 9.88. The van der Waals surface area contributed by atoms with Crippen LogP contribution >= 0.6 is 24.8 Å². The van der Waals surface area contributed by atoms with Crippen molar-refractivity contribution in [2.75, 3.05) is 25.0 Å². The van der Waals surface area contributed by atoms with Gasteiger partial charge in [-0.25, -0.2) is 14.9 Å². The molecule has 3 N–H and O–H groups in total. The van der Waals surface area contributed by atoms with Crippen LogP contribution in [-0.2, 0) is 4.79 Å². The van der Waals surface area contributed by atoms with Crippen LogP contribution in [0.2, 0.25) is 0 Å². The number of aromatic nitrogens is 1. The highest BCUT2D eigenvalue weighted by molar-refractivity contribution is 5.94. The number of hydroxylamine groups is 1. The molecule has 29 heavy (non-hydrogen) atoms. The van der Waals surface area contributed by atoms with Gasteiger partial charge in [0.25, 0.3) is 0 Å². The molecule has 1 saturated carbocycles. The van der Waals surface area contributed by atoms with E-state index in [1.807, 2.05) is 0 Å². The third-order valence-electron chi connectivity index (χ3n) is 5.50. The van der Waals surface area contributed by atoms with Crippen molar-refractivity contribution in [3.05, 3.63) is 29.7 Å². The standard InChI is InChI=1S/C20H29FN4O2.2ClH/c21-18(20(26)24-27)11-16-8-9-19(22-12-16)23-17-7-4-10-25(14-17)13-15-5-2-1-3-6-15;;/h8-9,11-12,15,17,27H,1-7,10,13-14H2,(H,22,23)(H,24,26);2*1H/t17-;;/m1../s1. The first kappa shape index (κ1) is 25.6. The summed E-state index contributed by atoms with van der Waals surface area (Å²) in [6, 6.07) is 3.85. The van der Waals surface area contributed by atoms with Crippen LogP contribution in [0.1, 0.15) is 50.5 Å². The molecule has 0 aromatic carbocycles. The Labute approximate surface area is 184 Å². The van der Waals surface area contributed by atoms with Crippen LogP contribution in [-0.4, -0.2) is 46.7 Å². The zero-order valence-electron chi connectivity index (χ0n) is 16.5. The number of amides is 1. The number of nitrogens with one attached hydrogen (secondary N) is 2. The van der Waals surface area contributed by atoms with Crippen molar-refractivity contribution < 1.29 is 14.4 Å². The summed E-state index contributed by atoms with van der Waals surface area (Å²) in [6.07, 6.45) is 11.8. The van der Waals surface area contributed by atoms with Gasteiger partial charge in [0.1, 0.15) is 5.82 Å². The van der Waals surface area contributed by atoms with E-state index in [0.717, 1.165) is 30.8 Å². The summed E-state index contributed by atoms with van der Waals surface area (Å²) >= 11 is 0. The second-order valence-corrected chi connectivity index (χ2v) is 7.66. The van der Waals surface area contributed by atoms with Crippen molar-refractivity contribution >= 4 is 42.6 Å². The molecule has 2 fully saturated rings. The van der Waals surface area contributed by atoms with Gasteiger partial charge in [-0.2, -0.15) is 0 Å². The molecule has 1 saturated heterocycles. The van der Waals surface area contributed by atoms with Crippen molar-refractivity contribution in [2.45, 2.75) is 51.0 Å². The number of carbonyl (C=O) groups excluding carboxylic acids is 1. The smallest absolute Gasteiger partial charge is 0.303 e. The zero-order chi connectivity index (χ0) is 19.1. The van der Waals surface area contributed by atoms with E-state index in [0.29, 0.717) is 11.6 Å². The molecule has 3 rings (SSSR count). The van der Waals surface area contributed by atoms with Crippen molar-refractivity contribution in [2.24, 2.45) is 5.92 Å². The molecule has 0 unspecified atom stereocenters. The Morgan fingerprint density at radius 3 is 2.62 bits per heavy atom. The van der Waals surface area contributed by atoms with E-state index >= 15 is 0 Å². The lowest BCUT2D eigenvalue weighted by Gasteiger charge is -2.36. The van der Waals surface area contributed by atoms with Gasteiger partial charge in [-0.05, 0) is 61.9 Å². The van der Waals surface area contributed by atoms with Gasteiger partial charge < -0.3 is 10.2 Å². The Morgan fingerprint density at radius 2 is 1.97 bits per heavy atom. The molecule has 0 spiro atoms. The number of hydrogen-bond donors (Lipinski definition) is 3. The molecular weight excluding hydrogens is 418 g/mol. The number of anilines is 1. The van der Waals surface area contributed by atoms with Crippen LogP contribution in [0, 0.1) is 5.92 Å². The number of nitrogens with zero attached hydrogens (tertiary/aromatic N) is 2. The lowest BCUT2D eigenvalue weighted by molar-refractivity contribution is -0.126. The van der Waals surface area contributed by atoms with Gasteiger partial charge in [0.05, 0.1) is 0 Å². The molecule has 1 amide bonds. The molecule has 1 aliphatic heterocycles. The van der Waals surface area contributed by atoms with Crippen molar-refractivity contribution in [1.29, 1.82) is 0 Å². The van der Waals surface area contributed by atoms with E-state index in [-0.39, 0.29) is 24.8 Å². The Hall–Kier alpha value is -1.41. The summed E-state index contributed by atoms with van der Waals surface area (Å²) in [5.41, 5.74) is 1.73. The van der Waals surface area contributed by atoms with Gasteiger partial charge in [-0.3, -0.25) is 10.0 Å². The summed E-state index contributed by atoms with van der Waals surface area (Å²) in [5.74, 6) is -0.625. The Balaban J connectivity index is 0.00000210. The van der Waals surface area contributed by atoms with Gasteiger partial charge in [-0.15, -0.1) is 24.8 Å². The number of pyridine rings is 1. The van der Waals surface area contributed by atoms with Gasteiger partial charge in [0.2, 0.25) is 0 Å². The van der Waals surface area contributed by atoms with Crippen molar-refractivity contribution in [3.8, 4) is 0 Å². The van der Waals surface area contributed by atoms with Crippen LogP contribution in [0.4, 0.5) is 10.2 Å². The SMILES string of the molecule is Cl.Cl.O=C(NO)C(F)=Cc1ccc(N[C@@H]2CCCN(CC3CCCCC3)C2)nc1. The van der Waals surface area contributed by atoms with E-state index in [1.165, 1.54) is 63.3 Å². The minimum Gasteiger partial charge on any atom is -0.366 e. The second-order valence-electron chi connectivity index (χ2n) is 7.66. The molecule has 164 valence electrons. The molecular formula is C20H31Cl2FN4O2. The summed E-state index contributed by atoms with van der Waals surface area (Å²) in [7, 11) is 0. The van der Waals surface area contributed by atoms with Crippen LogP contribution in [0.3, 0.4) is 0 Å². The molecule has 6 nitrogen and oxygen atoms in total. The highest BCUT2D eigenvalue weighted by Gasteiger charge is 2.23. The summed E-state index contributed by atoms with van der Waals surface area (Å²) < 4.78 is 13.4. The fraction of sp³-hybridized carbons (Fsp3) is 0.600. The Kier molecular flexibility index (Phi) is 11.5. The normalized spacial score (nSPS) is 20.9. The zero-order valence-corrected chi connectivity index (χ0v) is 18.1. The fourth-order valence-electron chi connectivity index (χ4n) is 4.12. The molecule has 0 bridgehead atoms. The minimum atomic E-state index is -1.17. The van der Waals surface area contributed by atoms with E-state index in [2.05, 4.69) is 15.2 Å². The monoisotopic (exact) mass is 448 g/mol. The largest absolute Gasteiger partial charge is 0.366 e. The van der Waals surface area contributed by atoms with Gasteiger partial charge >= 0.3 is 5.91 Å². The third kappa shape index (κ3) is 8.09. The summed E-state index contributed by atoms with van der Waals surface area (Å²) in [6.45, 7) is 3.42. The number of hydrogen-bond acceptors (Lipinski definition) is 5. The molecule has 1 atom stereocenters. The van der Waals surface area contributed by atoms with Gasteiger partial charge in [0, 0.05) is 25.3 Å². The predicted molar refractivity (Wildman–Crippen MR) is 117 cm³/mol. The van der Waals surface area contributed by atoms with Crippen molar-refractivity contribution in [3.63, 3.8) is 0 Å². The van der Waals surface area contributed by atoms with Crippen LogP contribution < -0.4 is 10.8 Å². The van der Waals surface area contributed by atoms with Gasteiger partial charge in [-0.1, -0.05) is 19.3 Å². The lowest BCUT2D eigenvalue weighted by Crippen LogP contribution is -2.44. The first-order chi connectivity index (χ1) is 13.1.